The van der Waals surface area contributed by atoms with E-state index in [2.05, 4.69) is 32.6 Å². The van der Waals surface area contributed by atoms with Gasteiger partial charge in [0.2, 0.25) is 0 Å². The van der Waals surface area contributed by atoms with Gasteiger partial charge in [0.15, 0.2) is 0 Å². The summed E-state index contributed by atoms with van der Waals surface area (Å²) >= 11 is 4.97. The maximum atomic E-state index is 11.7. The third-order valence-corrected chi connectivity index (χ3v) is 4.18. The largest absolute Gasteiger partial charge is 0.334 e. The highest BCUT2D eigenvalue weighted by Gasteiger charge is 2.03. The van der Waals surface area contributed by atoms with Crippen molar-refractivity contribution in [1.82, 2.24) is 10.6 Å². The zero-order valence-electron chi connectivity index (χ0n) is 10.5. The van der Waals surface area contributed by atoms with Gasteiger partial charge >= 0.3 is 6.03 Å². The van der Waals surface area contributed by atoms with Crippen LogP contribution in [0.25, 0.3) is 0 Å². The van der Waals surface area contributed by atoms with Gasteiger partial charge in [0.25, 0.3) is 0 Å². The van der Waals surface area contributed by atoms with Crippen LogP contribution in [0, 0.1) is 11.3 Å². The lowest BCUT2D eigenvalue weighted by atomic mass is 10.1. The van der Waals surface area contributed by atoms with E-state index in [-0.39, 0.29) is 6.03 Å². The third kappa shape index (κ3) is 4.37. The summed E-state index contributed by atoms with van der Waals surface area (Å²) < 4.78 is 1.04. The summed E-state index contributed by atoms with van der Waals surface area (Å²) in [7, 11) is 0. The number of amides is 2. The topological polar surface area (TPSA) is 64.9 Å². The summed E-state index contributed by atoms with van der Waals surface area (Å²) in [5.41, 5.74) is 1.49. The van der Waals surface area contributed by atoms with Crippen LogP contribution in [0.2, 0.25) is 0 Å². The Bertz CT molecular complexity index is 648. The molecule has 0 unspecified atom stereocenters. The fraction of sp³-hybridized carbons (Fsp3) is 0.143. The lowest BCUT2D eigenvalue weighted by Crippen LogP contribution is -2.34. The van der Waals surface area contributed by atoms with Gasteiger partial charge in [-0.15, -0.1) is 11.3 Å². The van der Waals surface area contributed by atoms with Crippen molar-refractivity contribution in [3.05, 3.63) is 56.2 Å². The van der Waals surface area contributed by atoms with Gasteiger partial charge in [0.1, 0.15) is 0 Å². The molecule has 0 bridgehead atoms. The number of carbonyl (C=O) groups excluding carboxylic acids is 1. The van der Waals surface area contributed by atoms with Crippen molar-refractivity contribution in [3.8, 4) is 6.07 Å². The quantitative estimate of drug-likeness (QED) is 0.888. The molecule has 0 saturated carbocycles. The third-order valence-electron chi connectivity index (χ3n) is 2.56. The van der Waals surface area contributed by atoms with Crippen LogP contribution in [0.4, 0.5) is 4.79 Å². The van der Waals surface area contributed by atoms with Gasteiger partial charge in [0.05, 0.1) is 22.0 Å². The van der Waals surface area contributed by atoms with Gasteiger partial charge < -0.3 is 10.6 Å². The molecule has 0 aliphatic heterocycles. The van der Waals surface area contributed by atoms with Crippen LogP contribution >= 0.6 is 27.3 Å². The summed E-state index contributed by atoms with van der Waals surface area (Å²) in [5, 5.41) is 14.3. The normalized spacial score (nSPS) is 9.80. The van der Waals surface area contributed by atoms with E-state index in [0.29, 0.717) is 18.7 Å². The van der Waals surface area contributed by atoms with E-state index in [1.165, 1.54) is 0 Å². The number of benzene rings is 1. The maximum absolute atomic E-state index is 11.7. The average molecular weight is 350 g/mol. The van der Waals surface area contributed by atoms with Crippen molar-refractivity contribution < 1.29 is 4.79 Å². The summed E-state index contributed by atoms with van der Waals surface area (Å²) in [4.78, 5) is 12.7. The molecule has 0 atom stereocenters. The second kappa shape index (κ2) is 7.08. The van der Waals surface area contributed by atoms with Crippen LogP contribution in [-0.2, 0) is 13.1 Å². The Kier molecular flexibility index (Phi) is 5.16. The number of nitriles is 1. The van der Waals surface area contributed by atoms with Crippen molar-refractivity contribution in [2.75, 3.05) is 0 Å². The van der Waals surface area contributed by atoms with Crippen LogP contribution < -0.4 is 10.6 Å². The Morgan fingerprint density at radius 3 is 2.75 bits per heavy atom. The molecule has 0 spiro atoms. The number of nitrogens with zero attached hydrogens (tertiary/aromatic N) is 1. The number of rotatable bonds is 4. The molecule has 2 amide bonds. The highest BCUT2D eigenvalue weighted by molar-refractivity contribution is 9.11. The number of hydrogen-bond acceptors (Lipinski definition) is 3. The van der Waals surface area contributed by atoms with Gasteiger partial charge in [-0.1, -0.05) is 12.1 Å². The molecule has 1 aromatic carbocycles. The van der Waals surface area contributed by atoms with Crippen molar-refractivity contribution in [1.29, 1.82) is 5.26 Å². The van der Waals surface area contributed by atoms with Crippen molar-refractivity contribution in [2.24, 2.45) is 0 Å². The highest BCUT2D eigenvalue weighted by atomic mass is 79.9. The Morgan fingerprint density at radius 1 is 1.25 bits per heavy atom. The van der Waals surface area contributed by atoms with Crippen LogP contribution in [0.15, 0.2) is 40.2 Å². The zero-order chi connectivity index (χ0) is 14.4. The second-order valence-corrected chi connectivity index (χ2v) is 6.60. The molecule has 1 aromatic heterocycles. The fourth-order valence-electron chi connectivity index (χ4n) is 1.61. The Labute approximate surface area is 129 Å². The minimum Gasteiger partial charge on any atom is -0.334 e. The second-order valence-electron chi connectivity index (χ2n) is 4.05. The summed E-state index contributed by atoms with van der Waals surface area (Å²) in [6, 6.07) is 12.9. The molecule has 2 N–H and O–H groups in total. The van der Waals surface area contributed by atoms with E-state index < -0.39 is 0 Å². The predicted molar refractivity (Wildman–Crippen MR) is 82.3 cm³/mol. The Balaban J connectivity index is 1.78. The first-order valence-corrected chi connectivity index (χ1v) is 7.53. The van der Waals surface area contributed by atoms with Crippen molar-refractivity contribution in [3.63, 3.8) is 0 Å². The molecule has 2 aromatic rings. The molecular formula is C14H12BrN3OS. The predicted octanol–water partition coefficient (Wildman–Crippen LogP) is 3.38. The average Bonchev–Trinajstić information content (AvgIpc) is 2.89. The van der Waals surface area contributed by atoms with Gasteiger partial charge in [-0.3, -0.25) is 0 Å². The van der Waals surface area contributed by atoms with E-state index in [9.17, 15) is 4.79 Å². The van der Waals surface area contributed by atoms with E-state index >= 15 is 0 Å². The van der Waals surface area contributed by atoms with Crippen molar-refractivity contribution >= 4 is 33.3 Å². The molecule has 0 fully saturated rings. The molecular weight excluding hydrogens is 338 g/mol. The Hall–Kier alpha value is -1.84. The first-order valence-electron chi connectivity index (χ1n) is 5.92. The number of thiophene rings is 1. The highest BCUT2D eigenvalue weighted by Crippen LogP contribution is 2.21. The molecule has 0 saturated heterocycles. The van der Waals surface area contributed by atoms with Crippen LogP contribution in [0.1, 0.15) is 16.0 Å². The summed E-state index contributed by atoms with van der Waals surface area (Å²) in [6.07, 6.45) is 0. The molecule has 6 heteroatoms. The lowest BCUT2D eigenvalue weighted by molar-refractivity contribution is 0.240. The fourth-order valence-corrected chi connectivity index (χ4v) is 3.03. The number of nitrogens with one attached hydrogen (secondary N) is 2. The van der Waals surface area contributed by atoms with Gasteiger partial charge in [0, 0.05) is 11.4 Å². The number of hydrogen-bond donors (Lipinski definition) is 2. The van der Waals surface area contributed by atoms with Gasteiger partial charge in [-0.05, 0) is 45.8 Å². The summed E-state index contributed by atoms with van der Waals surface area (Å²) in [5.74, 6) is 0. The molecule has 102 valence electrons. The summed E-state index contributed by atoms with van der Waals surface area (Å²) in [6.45, 7) is 0.899. The SMILES string of the molecule is N#Cc1cccc(CNC(=O)NCc2ccc(Br)s2)c1. The first kappa shape index (κ1) is 14.6. The Morgan fingerprint density at radius 2 is 2.05 bits per heavy atom. The van der Waals surface area contributed by atoms with Crippen LogP contribution in [0.5, 0.6) is 0 Å². The molecule has 0 aliphatic carbocycles. The molecule has 1 heterocycles. The van der Waals surface area contributed by atoms with Gasteiger partial charge in [-0.2, -0.15) is 5.26 Å². The zero-order valence-corrected chi connectivity index (χ0v) is 12.9. The van der Waals surface area contributed by atoms with Crippen LogP contribution in [0.3, 0.4) is 0 Å². The number of carbonyl (C=O) groups is 1. The van der Waals surface area contributed by atoms with E-state index in [0.717, 1.165) is 14.2 Å². The van der Waals surface area contributed by atoms with E-state index in [1.54, 1.807) is 29.5 Å². The number of urea groups is 1. The molecule has 2 rings (SSSR count). The standard InChI is InChI=1S/C14H12BrN3OS/c15-13-5-4-12(20-13)9-18-14(19)17-8-11-3-1-2-10(6-11)7-16/h1-6H,8-9H2,(H2,17,18,19). The lowest BCUT2D eigenvalue weighted by Gasteiger charge is -2.07. The van der Waals surface area contributed by atoms with Gasteiger partial charge in [-0.25, -0.2) is 4.79 Å². The van der Waals surface area contributed by atoms with Crippen molar-refractivity contribution in [2.45, 2.75) is 13.1 Å². The minimum atomic E-state index is -0.225. The van der Waals surface area contributed by atoms with Crippen LogP contribution in [-0.4, -0.2) is 6.03 Å². The minimum absolute atomic E-state index is 0.225. The monoisotopic (exact) mass is 349 g/mol. The molecule has 4 nitrogen and oxygen atoms in total. The molecule has 20 heavy (non-hydrogen) atoms. The smallest absolute Gasteiger partial charge is 0.315 e. The van der Waals surface area contributed by atoms with E-state index in [4.69, 9.17) is 5.26 Å². The first-order chi connectivity index (χ1) is 9.67. The molecule has 0 radical (unpaired) electrons. The maximum Gasteiger partial charge on any atom is 0.315 e. The van der Waals surface area contributed by atoms with E-state index in [1.807, 2.05) is 18.2 Å². The number of halogens is 1. The molecule has 0 aliphatic rings.